The number of carbonyl (C=O) groups excluding carboxylic acids is 1. The highest BCUT2D eigenvalue weighted by atomic mass is 32.1. The van der Waals surface area contributed by atoms with Gasteiger partial charge in [0.15, 0.2) is 0 Å². The molecule has 2 aromatic rings. The molecular formula is C13H12N2OS. The molecule has 4 heteroatoms. The van der Waals surface area contributed by atoms with Crippen molar-refractivity contribution in [1.82, 2.24) is 9.88 Å². The normalized spacial score (nSPS) is 14.5. The van der Waals surface area contributed by atoms with Crippen molar-refractivity contribution in [2.45, 2.75) is 6.42 Å². The zero-order chi connectivity index (χ0) is 11.7. The Bertz CT molecular complexity index is 531. The number of benzene rings is 1. The molecule has 3 rings (SSSR count). The van der Waals surface area contributed by atoms with Gasteiger partial charge in [0.25, 0.3) is 5.91 Å². The molecule has 0 N–H and O–H groups in total. The third kappa shape index (κ3) is 1.96. The summed E-state index contributed by atoms with van der Waals surface area (Å²) < 4.78 is 0. The number of hydrogen-bond acceptors (Lipinski definition) is 3. The van der Waals surface area contributed by atoms with Crippen molar-refractivity contribution in [3.05, 3.63) is 41.4 Å². The number of aromatic nitrogens is 1. The lowest BCUT2D eigenvalue weighted by Gasteiger charge is -2.30. The van der Waals surface area contributed by atoms with Crippen LogP contribution in [0.25, 0.3) is 10.6 Å². The van der Waals surface area contributed by atoms with E-state index in [1.807, 2.05) is 40.6 Å². The van der Waals surface area contributed by atoms with Gasteiger partial charge in [-0.25, -0.2) is 4.98 Å². The highest BCUT2D eigenvalue weighted by molar-refractivity contribution is 7.13. The lowest BCUT2D eigenvalue weighted by molar-refractivity contribution is 0.0646. The molecule has 1 aliphatic heterocycles. The summed E-state index contributed by atoms with van der Waals surface area (Å²) in [6.45, 7) is 1.74. The van der Waals surface area contributed by atoms with Gasteiger partial charge in [-0.3, -0.25) is 4.79 Å². The third-order valence-electron chi connectivity index (χ3n) is 2.89. The molecule has 0 saturated carbocycles. The summed E-state index contributed by atoms with van der Waals surface area (Å²) in [6.07, 6.45) is 1.11. The van der Waals surface area contributed by atoms with Gasteiger partial charge in [0.2, 0.25) is 0 Å². The van der Waals surface area contributed by atoms with Gasteiger partial charge in [-0.2, -0.15) is 0 Å². The Hall–Kier alpha value is -1.68. The molecule has 0 atom stereocenters. The molecule has 1 aromatic carbocycles. The monoisotopic (exact) mass is 244 g/mol. The highest BCUT2D eigenvalue weighted by Gasteiger charge is 2.23. The molecule has 0 radical (unpaired) electrons. The molecule has 1 aromatic heterocycles. The summed E-state index contributed by atoms with van der Waals surface area (Å²) >= 11 is 1.52. The van der Waals surface area contributed by atoms with E-state index in [-0.39, 0.29) is 5.91 Å². The molecule has 1 amide bonds. The number of likely N-dealkylation sites (tertiary alicyclic amines) is 1. The zero-order valence-corrected chi connectivity index (χ0v) is 10.1. The summed E-state index contributed by atoms with van der Waals surface area (Å²) in [6, 6.07) is 9.96. The lowest BCUT2D eigenvalue weighted by Crippen LogP contribution is -2.42. The van der Waals surface area contributed by atoms with E-state index in [0.29, 0.717) is 5.69 Å². The Morgan fingerprint density at radius 3 is 2.65 bits per heavy atom. The largest absolute Gasteiger partial charge is 0.337 e. The van der Waals surface area contributed by atoms with Gasteiger partial charge in [0.1, 0.15) is 10.7 Å². The van der Waals surface area contributed by atoms with Crippen LogP contribution in [0.2, 0.25) is 0 Å². The van der Waals surface area contributed by atoms with E-state index >= 15 is 0 Å². The average Bonchev–Trinajstić information content (AvgIpc) is 2.77. The van der Waals surface area contributed by atoms with Crippen molar-refractivity contribution in [1.29, 1.82) is 0 Å². The molecular weight excluding hydrogens is 232 g/mol. The van der Waals surface area contributed by atoms with E-state index in [9.17, 15) is 4.79 Å². The second-order valence-corrected chi connectivity index (χ2v) is 4.91. The minimum Gasteiger partial charge on any atom is -0.337 e. The molecule has 3 nitrogen and oxygen atoms in total. The van der Waals surface area contributed by atoms with Crippen LogP contribution in [0.15, 0.2) is 35.7 Å². The predicted octanol–water partition coefficient (Wildman–Crippen LogP) is 2.66. The minimum absolute atomic E-state index is 0.0645. The van der Waals surface area contributed by atoms with Gasteiger partial charge in [0, 0.05) is 24.0 Å². The van der Waals surface area contributed by atoms with Crippen LogP contribution in [0.5, 0.6) is 0 Å². The summed E-state index contributed by atoms with van der Waals surface area (Å²) in [7, 11) is 0. The number of thiazole rings is 1. The molecule has 2 heterocycles. The third-order valence-corrected chi connectivity index (χ3v) is 3.78. The van der Waals surface area contributed by atoms with E-state index in [1.165, 1.54) is 11.3 Å². The SMILES string of the molecule is O=C(c1csc(-c2ccccc2)n1)N1CCC1. The van der Waals surface area contributed by atoms with E-state index < -0.39 is 0 Å². The molecule has 86 valence electrons. The Balaban J connectivity index is 1.85. The van der Waals surface area contributed by atoms with Gasteiger partial charge in [-0.05, 0) is 6.42 Å². The minimum atomic E-state index is 0.0645. The fraction of sp³-hybridized carbons (Fsp3) is 0.231. The van der Waals surface area contributed by atoms with E-state index in [0.717, 1.165) is 30.1 Å². The lowest BCUT2D eigenvalue weighted by atomic mass is 10.2. The first kappa shape index (κ1) is 10.5. The Kier molecular flexibility index (Phi) is 2.65. The van der Waals surface area contributed by atoms with Crippen molar-refractivity contribution >= 4 is 17.2 Å². The summed E-state index contributed by atoms with van der Waals surface area (Å²) in [5.74, 6) is 0.0645. The zero-order valence-electron chi connectivity index (χ0n) is 9.30. The Morgan fingerprint density at radius 2 is 2.00 bits per heavy atom. The van der Waals surface area contributed by atoms with Gasteiger partial charge < -0.3 is 4.90 Å². The van der Waals surface area contributed by atoms with Gasteiger partial charge >= 0.3 is 0 Å². The van der Waals surface area contributed by atoms with E-state index in [2.05, 4.69) is 4.98 Å². The first-order valence-electron chi connectivity index (χ1n) is 5.65. The topological polar surface area (TPSA) is 33.2 Å². The van der Waals surface area contributed by atoms with Crippen LogP contribution in [-0.4, -0.2) is 28.9 Å². The number of nitrogens with zero attached hydrogens (tertiary/aromatic N) is 2. The average molecular weight is 244 g/mol. The highest BCUT2D eigenvalue weighted by Crippen LogP contribution is 2.24. The smallest absolute Gasteiger partial charge is 0.273 e. The number of amides is 1. The first-order valence-corrected chi connectivity index (χ1v) is 6.53. The molecule has 0 aliphatic carbocycles. The standard InChI is InChI=1S/C13H12N2OS/c16-13(15-7-4-8-15)11-9-17-12(14-11)10-5-2-1-3-6-10/h1-3,5-6,9H,4,7-8H2. The molecule has 1 saturated heterocycles. The van der Waals surface area contributed by atoms with Crippen molar-refractivity contribution in [3.8, 4) is 10.6 Å². The van der Waals surface area contributed by atoms with Crippen molar-refractivity contribution < 1.29 is 4.79 Å². The fourth-order valence-electron chi connectivity index (χ4n) is 1.77. The molecule has 17 heavy (non-hydrogen) atoms. The van der Waals surface area contributed by atoms with Crippen LogP contribution in [0.4, 0.5) is 0 Å². The number of rotatable bonds is 2. The fourth-order valence-corrected chi connectivity index (χ4v) is 2.57. The molecule has 0 unspecified atom stereocenters. The van der Waals surface area contributed by atoms with Crippen LogP contribution in [-0.2, 0) is 0 Å². The van der Waals surface area contributed by atoms with Crippen LogP contribution in [0, 0.1) is 0 Å². The predicted molar refractivity (Wildman–Crippen MR) is 68.1 cm³/mol. The van der Waals surface area contributed by atoms with E-state index in [4.69, 9.17) is 0 Å². The van der Waals surface area contributed by atoms with Crippen molar-refractivity contribution in [3.63, 3.8) is 0 Å². The van der Waals surface area contributed by atoms with Crippen LogP contribution >= 0.6 is 11.3 Å². The quantitative estimate of drug-likeness (QED) is 0.813. The summed E-state index contributed by atoms with van der Waals surface area (Å²) in [4.78, 5) is 18.2. The van der Waals surface area contributed by atoms with E-state index in [1.54, 1.807) is 0 Å². The van der Waals surface area contributed by atoms with Crippen molar-refractivity contribution in [2.24, 2.45) is 0 Å². The molecule has 0 spiro atoms. The first-order chi connectivity index (χ1) is 8.34. The van der Waals surface area contributed by atoms with Crippen LogP contribution in [0.1, 0.15) is 16.9 Å². The maximum atomic E-state index is 11.9. The second-order valence-electron chi connectivity index (χ2n) is 4.05. The van der Waals surface area contributed by atoms with Crippen LogP contribution < -0.4 is 0 Å². The van der Waals surface area contributed by atoms with Crippen LogP contribution in [0.3, 0.4) is 0 Å². The number of carbonyl (C=O) groups is 1. The molecule has 1 fully saturated rings. The Labute approximate surface area is 104 Å². The maximum Gasteiger partial charge on any atom is 0.273 e. The second kappa shape index (κ2) is 4.30. The molecule has 1 aliphatic rings. The van der Waals surface area contributed by atoms with Gasteiger partial charge in [-0.1, -0.05) is 30.3 Å². The maximum absolute atomic E-state index is 11.9. The molecule has 0 bridgehead atoms. The van der Waals surface area contributed by atoms with Crippen molar-refractivity contribution in [2.75, 3.05) is 13.1 Å². The summed E-state index contributed by atoms with van der Waals surface area (Å²) in [5.41, 5.74) is 1.65. The Morgan fingerprint density at radius 1 is 1.24 bits per heavy atom. The van der Waals surface area contributed by atoms with Gasteiger partial charge in [0.05, 0.1) is 0 Å². The summed E-state index contributed by atoms with van der Waals surface area (Å²) in [5, 5.41) is 2.76. The van der Waals surface area contributed by atoms with Gasteiger partial charge in [-0.15, -0.1) is 11.3 Å². The number of hydrogen-bond donors (Lipinski definition) is 0.